The number of aryl methyl sites for hydroxylation is 1. The van der Waals surface area contributed by atoms with Crippen LogP contribution >= 0.6 is 0 Å². The number of hydrogen-bond donors (Lipinski definition) is 1. The van der Waals surface area contributed by atoms with Crippen molar-refractivity contribution in [2.45, 2.75) is 32.7 Å². The van der Waals surface area contributed by atoms with E-state index in [9.17, 15) is 4.79 Å². The van der Waals surface area contributed by atoms with Crippen LogP contribution in [0, 0.1) is 5.92 Å². The van der Waals surface area contributed by atoms with Crippen LogP contribution in [0.2, 0.25) is 0 Å². The average molecular weight is 339 g/mol. The molecule has 0 saturated carbocycles. The number of amides is 1. The maximum absolute atomic E-state index is 12.3. The Labute approximate surface area is 146 Å². The van der Waals surface area contributed by atoms with Gasteiger partial charge in [0.15, 0.2) is 5.76 Å². The summed E-state index contributed by atoms with van der Waals surface area (Å²) in [5.74, 6) is 1.37. The van der Waals surface area contributed by atoms with Gasteiger partial charge in [-0.05, 0) is 30.0 Å². The fraction of sp³-hybridized carbons (Fsp3) is 0.316. The SMILES string of the molecule is CC(C)C(NC(=O)CCc1ccccc1)c1nc(-c2ccco2)no1. The summed E-state index contributed by atoms with van der Waals surface area (Å²) in [5, 5.41) is 6.93. The van der Waals surface area contributed by atoms with Crippen LogP contribution in [0.5, 0.6) is 0 Å². The molecule has 2 aromatic heterocycles. The number of nitrogens with zero attached hydrogens (tertiary/aromatic N) is 2. The number of furan rings is 1. The van der Waals surface area contributed by atoms with Crippen molar-refractivity contribution in [3.05, 3.63) is 60.2 Å². The van der Waals surface area contributed by atoms with Crippen LogP contribution in [0.1, 0.15) is 37.8 Å². The molecule has 1 N–H and O–H groups in total. The van der Waals surface area contributed by atoms with Crippen molar-refractivity contribution in [3.8, 4) is 11.6 Å². The van der Waals surface area contributed by atoms with Crippen molar-refractivity contribution in [2.75, 3.05) is 0 Å². The van der Waals surface area contributed by atoms with Gasteiger partial charge < -0.3 is 14.3 Å². The summed E-state index contributed by atoms with van der Waals surface area (Å²) in [7, 11) is 0. The summed E-state index contributed by atoms with van der Waals surface area (Å²) in [6.45, 7) is 4.00. The number of benzene rings is 1. The molecule has 130 valence electrons. The third-order valence-electron chi connectivity index (χ3n) is 3.92. The molecule has 0 spiro atoms. The first-order chi connectivity index (χ1) is 12.1. The molecule has 25 heavy (non-hydrogen) atoms. The largest absolute Gasteiger partial charge is 0.461 e. The molecule has 1 unspecified atom stereocenters. The quantitative estimate of drug-likeness (QED) is 0.708. The molecule has 0 bridgehead atoms. The predicted octanol–water partition coefficient (Wildman–Crippen LogP) is 3.78. The standard InChI is InChI=1S/C19H21N3O3/c1-13(2)17(19-21-18(22-25-19)15-9-6-12-24-15)20-16(23)11-10-14-7-4-3-5-8-14/h3-9,12-13,17H,10-11H2,1-2H3,(H,20,23). The highest BCUT2D eigenvalue weighted by molar-refractivity contribution is 5.76. The van der Waals surface area contributed by atoms with Crippen LogP contribution in [0.25, 0.3) is 11.6 Å². The molecule has 1 atom stereocenters. The average Bonchev–Trinajstić information content (AvgIpc) is 3.29. The van der Waals surface area contributed by atoms with E-state index in [1.165, 1.54) is 0 Å². The number of rotatable bonds is 7. The van der Waals surface area contributed by atoms with Gasteiger partial charge >= 0.3 is 0 Å². The molecule has 0 fully saturated rings. The molecular formula is C19H21N3O3. The molecule has 0 aliphatic rings. The zero-order chi connectivity index (χ0) is 17.6. The van der Waals surface area contributed by atoms with E-state index in [0.29, 0.717) is 30.3 Å². The Morgan fingerprint density at radius 1 is 1.16 bits per heavy atom. The first-order valence-electron chi connectivity index (χ1n) is 8.34. The van der Waals surface area contributed by atoms with Gasteiger partial charge in [-0.1, -0.05) is 49.3 Å². The van der Waals surface area contributed by atoms with Gasteiger partial charge in [0.2, 0.25) is 17.6 Å². The zero-order valence-electron chi connectivity index (χ0n) is 14.3. The van der Waals surface area contributed by atoms with Crippen LogP contribution in [-0.2, 0) is 11.2 Å². The highest BCUT2D eigenvalue weighted by atomic mass is 16.5. The Kier molecular flexibility index (Phi) is 5.28. The topological polar surface area (TPSA) is 81.2 Å². The lowest BCUT2D eigenvalue weighted by atomic mass is 10.0. The van der Waals surface area contributed by atoms with Crippen molar-refractivity contribution in [2.24, 2.45) is 5.92 Å². The number of aromatic nitrogens is 2. The molecule has 0 aliphatic carbocycles. The Bertz CT molecular complexity index is 794. The minimum Gasteiger partial charge on any atom is -0.461 e. The fourth-order valence-electron chi connectivity index (χ4n) is 2.53. The lowest BCUT2D eigenvalue weighted by Crippen LogP contribution is -2.32. The van der Waals surface area contributed by atoms with Gasteiger partial charge in [-0.3, -0.25) is 4.79 Å². The van der Waals surface area contributed by atoms with Gasteiger partial charge in [0, 0.05) is 6.42 Å². The molecule has 0 saturated heterocycles. The van der Waals surface area contributed by atoms with Crippen molar-refractivity contribution < 1.29 is 13.7 Å². The number of carbonyl (C=O) groups excluding carboxylic acids is 1. The number of carbonyl (C=O) groups is 1. The highest BCUT2D eigenvalue weighted by Crippen LogP contribution is 2.24. The Balaban J connectivity index is 1.64. The van der Waals surface area contributed by atoms with E-state index in [4.69, 9.17) is 8.94 Å². The summed E-state index contributed by atoms with van der Waals surface area (Å²) in [6.07, 6.45) is 2.65. The fourth-order valence-corrected chi connectivity index (χ4v) is 2.53. The second-order valence-electron chi connectivity index (χ2n) is 6.21. The molecule has 6 nitrogen and oxygen atoms in total. The van der Waals surface area contributed by atoms with Crippen LogP contribution in [-0.4, -0.2) is 16.0 Å². The summed E-state index contributed by atoms with van der Waals surface area (Å²) >= 11 is 0. The van der Waals surface area contributed by atoms with Gasteiger partial charge in [0.25, 0.3) is 0 Å². The van der Waals surface area contributed by atoms with Gasteiger partial charge in [0.1, 0.15) is 6.04 Å². The van der Waals surface area contributed by atoms with Gasteiger partial charge in [-0.2, -0.15) is 4.98 Å². The van der Waals surface area contributed by atoms with E-state index in [-0.39, 0.29) is 17.9 Å². The van der Waals surface area contributed by atoms with Crippen molar-refractivity contribution in [3.63, 3.8) is 0 Å². The van der Waals surface area contributed by atoms with Gasteiger partial charge in [-0.25, -0.2) is 0 Å². The monoisotopic (exact) mass is 339 g/mol. The minimum absolute atomic E-state index is 0.0414. The van der Waals surface area contributed by atoms with E-state index < -0.39 is 0 Å². The summed E-state index contributed by atoms with van der Waals surface area (Å²) in [6, 6.07) is 13.1. The first kappa shape index (κ1) is 17.0. The van der Waals surface area contributed by atoms with Crippen LogP contribution in [0.15, 0.2) is 57.7 Å². The molecule has 1 amide bonds. The van der Waals surface area contributed by atoms with E-state index >= 15 is 0 Å². The molecule has 0 radical (unpaired) electrons. The third-order valence-corrected chi connectivity index (χ3v) is 3.92. The van der Waals surface area contributed by atoms with Crippen molar-refractivity contribution >= 4 is 5.91 Å². The third kappa shape index (κ3) is 4.35. The zero-order valence-corrected chi connectivity index (χ0v) is 14.3. The Morgan fingerprint density at radius 2 is 1.96 bits per heavy atom. The lowest BCUT2D eigenvalue weighted by Gasteiger charge is -2.18. The molecular weight excluding hydrogens is 318 g/mol. The number of nitrogens with one attached hydrogen (secondary N) is 1. The second kappa shape index (κ2) is 7.79. The second-order valence-corrected chi connectivity index (χ2v) is 6.21. The van der Waals surface area contributed by atoms with Crippen molar-refractivity contribution in [1.29, 1.82) is 0 Å². The van der Waals surface area contributed by atoms with Crippen molar-refractivity contribution in [1.82, 2.24) is 15.5 Å². The molecule has 1 aromatic carbocycles. The smallest absolute Gasteiger partial charge is 0.249 e. The van der Waals surface area contributed by atoms with Crippen LogP contribution in [0.3, 0.4) is 0 Å². The Morgan fingerprint density at radius 3 is 2.64 bits per heavy atom. The van der Waals surface area contributed by atoms with E-state index in [1.807, 2.05) is 44.2 Å². The maximum Gasteiger partial charge on any atom is 0.249 e. The minimum atomic E-state index is -0.334. The van der Waals surface area contributed by atoms with E-state index in [2.05, 4.69) is 15.5 Å². The van der Waals surface area contributed by atoms with Crippen LogP contribution in [0.4, 0.5) is 0 Å². The molecule has 3 aromatic rings. The maximum atomic E-state index is 12.3. The first-order valence-corrected chi connectivity index (χ1v) is 8.34. The highest BCUT2D eigenvalue weighted by Gasteiger charge is 2.25. The molecule has 6 heteroatoms. The van der Waals surface area contributed by atoms with Gasteiger partial charge in [-0.15, -0.1) is 0 Å². The summed E-state index contributed by atoms with van der Waals surface area (Å²) < 4.78 is 10.6. The summed E-state index contributed by atoms with van der Waals surface area (Å²) in [4.78, 5) is 16.7. The van der Waals surface area contributed by atoms with Gasteiger partial charge in [0.05, 0.1) is 6.26 Å². The predicted molar refractivity (Wildman–Crippen MR) is 92.5 cm³/mol. The normalized spacial score (nSPS) is 12.3. The molecule has 3 rings (SSSR count). The van der Waals surface area contributed by atoms with E-state index in [0.717, 1.165) is 5.56 Å². The Hall–Kier alpha value is -2.89. The lowest BCUT2D eigenvalue weighted by molar-refractivity contribution is -0.122. The molecule has 2 heterocycles. The summed E-state index contributed by atoms with van der Waals surface area (Å²) in [5.41, 5.74) is 1.14. The number of hydrogen-bond acceptors (Lipinski definition) is 5. The van der Waals surface area contributed by atoms with Crippen LogP contribution < -0.4 is 5.32 Å². The molecule has 0 aliphatic heterocycles. The van der Waals surface area contributed by atoms with E-state index in [1.54, 1.807) is 18.4 Å².